The lowest BCUT2D eigenvalue weighted by atomic mass is 10.1. The molecule has 1 amide bonds. The Morgan fingerprint density at radius 3 is 2.54 bits per heavy atom. The third-order valence-electron chi connectivity index (χ3n) is 1.37. The zero-order valence-electron chi connectivity index (χ0n) is 7.64. The molecule has 0 saturated heterocycles. The standard InChI is InChI=1S/C7H14F2N2O2/c1-5(2)3-4-13-7(8,9)6(12)11-10/h5H,3-4,10H2,1-2H3,(H,11,12). The largest absolute Gasteiger partial charge is 0.437 e. The average molecular weight is 196 g/mol. The first kappa shape index (κ1) is 12.2. The van der Waals surface area contributed by atoms with Gasteiger partial charge in [-0.25, -0.2) is 5.84 Å². The summed E-state index contributed by atoms with van der Waals surface area (Å²) < 4.78 is 29.2. The van der Waals surface area contributed by atoms with E-state index in [4.69, 9.17) is 0 Å². The summed E-state index contributed by atoms with van der Waals surface area (Å²) in [5, 5.41) is 0. The van der Waals surface area contributed by atoms with Crippen LogP contribution in [0.25, 0.3) is 0 Å². The summed E-state index contributed by atoms with van der Waals surface area (Å²) >= 11 is 0. The molecule has 0 atom stereocenters. The fourth-order valence-electron chi connectivity index (χ4n) is 0.572. The van der Waals surface area contributed by atoms with Gasteiger partial charge < -0.3 is 4.74 Å². The molecule has 78 valence electrons. The third kappa shape index (κ3) is 4.74. The number of hydrogen-bond acceptors (Lipinski definition) is 3. The Kier molecular flexibility index (Phi) is 4.79. The Morgan fingerprint density at radius 2 is 2.15 bits per heavy atom. The number of hydrogen-bond donors (Lipinski definition) is 2. The molecule has 0 radical (unpaired) electrons. The van der Waals surface area contributed by atoms with Crippen molar-refractivity contribution in [2.45, 2.75) is 26.4 Å². The van der Waals surface area contributed by atoms with E-state index in [1.54, 1.807) is 0 Å². The topological polar surface area (TPSA) is 64.3 Å². The number of hydrazine groups is 1. The van der Waals surface area contributed by atoms with Gasteiger partial charge in [-0.1, -0.05) is 13.8 Å². The van der Waals surface area contributed by atoms with Crippen LogP contribution in [-0.2, 0) is 9.53 Å². The highest BCUT2D eigenvalue weighted by Gasteiger charge is 2.39. The highest BCUT2D eigenvalue weighted by atomic mass is 19.3. The fraction of sp³-hybridized carbons (Fsp3) is 0.857. The Hall–Kier alpha value is -0.750. The van der Waals surface area contributed by atoms with Crippen LogP contribution in [0.2, 0.25) is 0 Å². The van der Waals surface area contributed by atoms with Crippen LogP contribution in [0.3, 0.4) is 0 Å². The first-order chi connectivity index (χ1) is 5.90. The summed E-state index contributed by atoms with van der Waals surface area (Å²) in [5.41, 5.74) is 1.33. The zero-order chi connectivity index (χ0) is 10.5. The van der Waals surface area contributed by atoms with Crippen LogP contribution < -0.4 is 11.3 Å². The fourth-order valence-corrected chi connectivity index (χ4v) is 0.572. The van der Waals surface area contributed by atoms with Gasteiger partial charge in [0.2, 0.25) is 0 Å². The predicted molar refractivity (Wildman–Crippen MR) is 42.7 cm³/mol. The molecule has 0 aromatic carbocycles. The summed E-state index contributed by atoms with van der Waals surface area (Å²) in [4.78, 5) is 10.4. The lowest BCUT2D eigenvalue weighted by Gasteiger charge is -2.15. The van der Waals surface area contributed by atoms with E-state index in [-0.39, 0.29) is 12.5 Å². The van der Waals surface area contributed by atoms with Crippen molar-refractivity contribution in [1.29, 1.82) is 0 Å². The van der Waals surface area contributed by atoms with E-state index in [1.807, 2.05) is 13.8 Å². The van der Waals surface area contributed by atoms with Crippen LogP contribution in [0.4, 0.5) is 8.78 Å². The molecular weight excluding hydrogens is 182 g/mol. The first-order valence-corrected chi connectivity index (χ1v) is 3.93. The van der Waals surface area contributed by atoms with Gasteiger partial charge in [-0.2, -0.15) is 8.78 Å². The molecule has 0 saturated carbocycles. The van der Waals surface area contributed by atoms with Crippen LogP contribution in [0, 0.1) is 5.92 Å². The van der Waals surface area contributed by atoms with Crippen LogP contribution in [-0.4, -0.2) is 18.6 Å². The smallest absolute Gasteiger partial charge is 0.313 e. The minimum absolute atomic E-state index is 0.169. The molecule has 0 heterocycles. The van der Waals surface area contributed by atoms with Crippen molar-refractivity contribution in [3.05, 3.63) is 0 Å². The monoisotopic (exact) mass is 196 g/mol. The van der Waals surface area contributed by atoms with Gasteiger partial charge in [-0.3, -0.25) is 10.2 Å². The first-order valence-electron chi connectivity index (χ1n) is 3.93. The maximum atomic E-state index is 12.6. The Bertz CT molecular complexity index is 174. The van der Waals surface area contributed by atoms with Crippen molar-refractivity contribution in [2.24, 2.45) is 11.8 Å². The lowest BCUT2D eigenvalue weighted by Crippen LogP contribution is -2.45. The van der Waals surface area contributed by atoms with Gasteiger partial charge in [0.1, 0.15) is 0 Å². The van der Waals surface area contributed by atoms with Gasteiger partial charge in [0.05, 0.1) is 6.61 Å². The van der Waals surface area contributed by atoms with Gasteiger partial charge in [0, 0.05) is 0 Å². The van der Waals surface area contributed by atoms with Crippen molar-refractivity contribution in [3.8, 4) is 0 Å². The van der Waals surface area contributed by atoms with Gasteiger partial charge in [0.25, 0.3) is 0 Å². The predicted octanol–water partition coefficient (Wildman–Crippen LogP) is 0.632. The molecule has 0 rings (SSSR count). The van der Waals surface area contributed by atoms with Gasteiger partial charge in [-0.05, 0) is 12.3 Å². The molecule has 0 bridgehead atoms. The number of nitrogens with one attached hydrogen (secondary N) is 1. The molecule has 6 heteroatoms. The van der Waals surface area contributed by atoms with Crippen molar-refractivity contribution in [3.63, 3.8) is 0 Å². The Morgan fingerprint density at radius 1 is 1.62 bits per heavy atom. The van der Waals surface area contributed by atoms with E-state index in [1.165, 1.54) is 5.43 Å². The van der Waals surface area contributed by atoms with E-state index < -0.39 is 12.0 Å². The van der Waals surface area contributed by atoms with E-state index in [9.17, 15) is 13.6 Å². The van der Waals surface area contributed by atoms with Crippen molar-refractivity contribution < 1.29 is 18.3 Å². The van der Waals surface area contributed by atoms with Crippen molar-refractivity contribution >= 4 is 5.91 Å². The molecule has 0 aliphatic heterocycles. The molecule has 0 aromatic heterocycles. The molecular formula is C7H14F2N2O2. The zero-order valence-corrected chi connectivity index (χ0v) is 7.64. The second-order valence-electron chi connectivity index (χ2n) is 3.02. The molecule has 0 fully saturated rings. The number of carbonyl (C=O) groups excluding carboxylic acids is 1. The number of amides is 1. The molecule has 0 unspecified atom stereocenters. The molecule has 3 N–H and O–H groups in total. The summed E-state index contributed by atoms with van der Waals surface area (Å²) in [7, 11) is 0. The van der Waals surface area contributed by atoms with Crippen LogP contribution in [0.15, 0.2) is 0 Å². The van der Waals surface area contributed by atoms with Crippen LogP contribution >= 0.6 is 0 Å². The minimum atomic E-state index is -3.83. The molecule has 13 heavy (non-hydrogen) atoms. The minimum Gasteiger partial charge on any atom is -0.313 e. The van der Waals surface area contributed by atoms with Gasteiger partial charge in [-0.15, -0.1) is 0 Å². The van der Waals surface area contributed by atoms with E-state index in [0.29, 0.717) is 6.42 Å². The number of carbonyl (C=O) groups is 1. The maximum Gasteiger partial charge on any atom is 0.437 e. The van der Waals surface area contributed by atoms with Gasteiger partial charge >= 0.3 is 12.0 Å². The highest BCUT2D eigenvalue weighted by Crippen LogP contribution is 2.16. The number of rotatable bonds is 5. The SMILES string of the molecule is CC(C)CCOC(F)(F)C(=O)NN. The lowest BCUT2D eigenvalue weighted by molar-refractivity contribution is -0.231. The van der Waals surface area contributed by atoms with E-state index >= 15 is 0 Å². The van der Waals surface area contributed by atoms with Crippen LogP contribution in [0.5, 0.6) is 0 Å². The Labute approximate surface area is 75.4 Å². The molecule has 0 spiro atoms. The molecule has 0 aliphatic rings. The summed E-state index contributed by atoms with van der Waals surface area (Å²) in [6, 6.07) is 0. The number of nitrogens with two attached hydrogens (primary N) is 1. The average Bonchev–Trinajstić information content (AvgIpc) is 2.01. The molecule has 0 aromatic rings. The van der Waals surface area contributed by atoms with Crippen molar-refractivity contribution in [1.82, 2.24) is 5.43 Å². The second kappa shape index (κ2) is 5.08. The third-order valence-corrected chi connectivity index (χ3v) is 1.37. The van der Waals surface area contributed by atoms with E-state index in [0.717, 1.165) is 0 Å². The number of alkyl halides is 2. The van der Waals surface area contributed by atoms with Crippen LogP contribution in [0.1, 0.15) is 20.3 Å². The number of halogens is 2. The summed E-state index contributed by atoms with van der Waals surface area (Å²) in [6.45, 7) is 3.56. The van der Waals surface area contributed by atoms with Crippen molar-refractivity contribution in [2.75, 3.05) is 6.61 Å². The second-order valence-corrected chi connectivity index (χ2v) is 3.02. The quantitative estimate of drug-likeness (QED) is 0.385. The highest BCUT2D eigenvalue weighted by molar-refractivity contribution is 5.81. The summed E-state index contributed by atoms with van der Waals surface area (Å²) in [5.74, 6) is 3.15. The Balaban J connectivity index is 3.82. The normalized spacial score (nSPS) is 11.8. The van der Waals surface area contributed by atoms with Gasteiger partial charge in [0.15, 0.2) is 0 Å². The number of ether oxygens (including phenoxy) is 1. The van der Waals surface area contributed by atoms with E-state index in [2.05, 4.69) is 10.6 Å². The molecule has 4 nitrogen and oxygen atoms in total. The summed E-state index contributed by atoms with van der Waals surface area (Å²) in [6.07, 6.45) is -3.36. The molecule has 0 aliphatic carbocycles. The maximum absolute atomic E-state index is 12.6.